The smallest absolute Gasteiger partial charge is 0.330 e. The van der Waals surface area contributed by atoms with Crippen molar-refractivity contribution in [1.82, 2.24) is 0 Å². The fourth-order valence-electron chi connectivity index (χ4n) is 2.12. The summed E-state index contributed by atoms with van der Waals surface area (Å²) in [6.07, 6.45) is 7.62. The average Bonchev–Trinajstić information content (AvgIpc) is 2.64. The zero-order chi connectivity index (χ0) is 19.1. The third-order valence-electron chi connectivity index (χ3n) is 3.62. The molecule has 0 aliphatic carbocycles. The molecule has 0 aromatic carbocycles. The van der Waals surface area contributed by atoms with Gasteiger partial charge in [-0.05, 0) is 6.42 Å². The maximum absolute atomic E-state index is 11.4. The van der Waals surface area contributed by atoms with E-state index >= 15 is 0 Å². The number of carbonyl (C=O) groups excluding carboxylic acids is 3. The summed E-state index contributed by atoms with van der Waals surface area (Å²) in [5, 5.41) is 0. The largest absolute Gasteiger partial charge is 0.462 e. The molecular weight excluding hydrogens is 324 g/mol. The van der Waals surface area contributed by atoms with Gasteiger partial charge in [-0.25, -0.2) is 14.4 Å². The second-order valence-electron chi connectivity index (χ2n) is 5.75. The second-order valence-corrected chi connectivity index (χ2v) is 5.75. The lowest BCUT2D eigenvalue weighted by Gasteiger charge is -2.32. The highest BCUT2D eigenvalue weighted by Gasteiger charge is 2.35. The SMILES string of the molecule is C=CC(=O)OCC(CCCCCC)(COC(=O)C=C)COC(=O)C=C. The van der Waals surface area contributed by atoms with Crippen LogP contribution in [0, 0.1) is 5.41 Å². The number of ether oxygens (including phenoxy) is 3. The molecule has 0 fully saturated rings. The first kappa shape index (κ1) is 22.6. The number of unbranched alkanes of at least 4 members (excludes halogenated alkanes) is 3. The van der Waals surface area contributed by atoms with E-state index < -0.39 is 23.3 Å². The van der Waals surface area contributed by atoms with Gasteiger partial charge in [0.25, 0.3) is 0 Å². The summed E-state index contributed by atoms with van der Waals surface area (Å²) in [5.74, 6) is -1.78. The number of hydrogen-bond acceptors (Lipinski definition) is 6. The molecule has 0 amide bonds. The van der Waals surface area contributed by atoms with Gasteiger partial charge in [0.05, 0.1) is 5.41 Å². The van der Waals surface area contributed by atoms with Crippen molar-refractivity contribution in [2.24, 2.45) is 5.41 Å². The third kappa shape index (κ3) is 10.2. The topological polar surface area (TPSA) is 78.9 Å². The van der Waals surface area contributed by atoms with Crippen molar-refractivity contribution in [3.8, 4) is 0 Å². The maximum Gasteiger partial charge on any atom is 0.330 e. The fraction of sp³-hybridized carbons (Fsp3) is 0.526. The van der Waals surface area contributed by atoms with Crippen LogP contribution in [0.3, 0.4) is 0 Å². The molecule has 0 aromatic rings. The van der Waals surface area contributed by atoms with Gasteiger partial charge in [0, 0.05) is 18.2 Å². The average molecular weight is 352 g/mol. The van der Waals surface area contributed by atoms with Gasteiger partial charge < -0.3 is 14.2 Å². The van der Waals surface area contributed by atoms with Crippen molar-refractivity contribution < 1.29 is 28.6 Å². The third-order valence-corrected chi connectivity index (χ3v) is 3.62. The Hall–Kier alpha value is -2.37. The van der Waals surface area contributed by atoms with E-state index in [9.17, 15) is 14.4 Å². The Bertz CT molecular complexity index is 420. The van der Waals surface area contributed by atoms with E-state index in [-0.39, 0.29) is 19.8 Å². The molecule has 0 rings (SSSR count). The predicted molar refractivity (Wildman–Crippen MR) is 94.7 cm³/mol. The fourth-order valence-corrected chi connectivity index (χ4v) is 2.12. The summed E-state index contributed by atoms with van der Waals surface area (Å²) in [7, 11) is 0. The van der Waals surface area contributed by atoms with Gasteiger partial charge in [0.1, 0.15) is 19.8 Å². The molecular formula is C19H28O6. The van der Waals surface area contributed by atoms with Crippen LogP contribution in [0.2, 0.25) is 0 Å². The van der Waals surface area contributed by atoms with Crippen molar-refractivity contribution >= 4 is 17.9 Å². The summed E-state index contributed by atoms with van der Waals surface area (Å²) in [5.41, 5.74) is -0.830. The highest BCUT2D eigenvalue weighted by molar-refractivity contribution is 5.82. The minimum absolute atomic E-state index is 0.0567. The Morgan fingerprint density at radius 3 is 1.48 bits per heavy atom. The lowest BCUT2D eigenvalue weighted by atomic mass is 9.84. The van der Waals surface area contributed by atoms with Gasteiger partial charge in [0.15, 0.2) is 0 Å². The van der Waals surface area contributed by atoms with E-state index in [4.69, 9.17) is 14.2 Å². The molecule has 25 heavy (non-hydrogen) atoms. The van der Waals surface area contributed by atoms with Crippen molar-refractivity contribution in [1.29, 1.82) is 0 Å². The van der Waals surface area contributed by atoms with E-state index in [1.165, 1.54) is 0 Å². The predicted octanol–water partition coefficient (Wildman–Crippen LogP) is 3.13. The molecule has 0 aliphatic heterocycles. The van der Waals surface area contributed by atoms with Crippen LogP contribution in [0.25, 0.3) is 0 Å². The molecule has 0 bridgehead atoms. The molecule has 0 N–H and O–H groups in total. The highest BCUT2D eigenvalue weighted by Crippen LogP contribution is 2.28. The number of carbonyl (C=O) groups is 3. The van der Waals surface area contributed by atoms with Crippen LogP contribution in [0.4, 0.5) is 0 Å². The summed E-state index contributed by atoms with van der Waals surface area (Å²) in [4.78, 5) is 34.3. The minimum Gasteiger partial charge on any atom is -0.462 e. The minimum atomic E-state index is -0.830. The van der Waals surface area contributed by atoms with Gasteiger partial charge in [-0.3, -0.25) is 0 Å². The lowest BCUT2D eigenvalue weighted by molar-refractivity contribution is -0.156. The molecule has 140 valence electrons. The van der Waals surface area contributed by atoms with E-state index in [1.807, 2.05) is 0 Å². The monoisotopic (exact) mass is 352 g/mol. The molecule has 6 heteroatoms. The Labute approximate surface area is 149 Å². The Kier molecular flexibility index (Phi) is 11.8. The molecule has 0 heterocycles. The Morgan fingerprint density at radius 2 is 1.16 bits per heavy atom. The summed E-state index contributed by atoms with van der Waals surface area (Å²) >= 11 is 0. The van der Waals surface area contributed by atoms with Crippen molar-refractivity contribution in [2.45, 2.75) is 39.0 Å². The highest BCUT2D eigenvalue weighted by atomic mass is 16.6. The molecule has 6 nitrogen and oxygen atoms in total. The molecule has 0 saturated heterocycles. The number of rotatable bonds is 14. The summed E-state index contributed by atoms with van der Waals surface area (Å²) in [6.45, 7) is 12.0. The first-order valence-electron chi connectivity index (χ1n) is 8.30. The first-order valence-corrected chi connectivity index (χ1v) is 8.30. The Morgan fingerprint density at radius 1 is 0.760 bits per heavy atom. The second kappa shape index (κ2) is 13.0. The number of esters is 3. The van der Waals surface area contributed by atoms with Crippen molar-refractivity contribution in [3.05, 3.63) is 38.0 Å². The van der Waals surface area contributed by atoms with Gasteiger partial charge in [-0.15, -0.1) is 0 Å². The van der Waals surface area contributed by atoms with Crippen LogP contribution < -0.4 is 0 Å². The molecule has 0 atom stereocenters. The lowest BCUT2D eigenvalue weighted by Crippen LogP contribution is -2.39. The van der Waals surface area contributed by atoms with E-state index in [0.717, 1.165) is 43.9 Å². The molecule has 0 saturated carbocycles. The van der Waals surface area contributed by atoms with Gasteiger partial charge in [-0.2, -0.15) is 0 Å². The van der Waals surface area contributed by atoms with Crippen LogP contribution in [0.15, 0.2) is 38.0 Å². The van der Waals surface area contributed by atoms with Gasteiger partial charge in [0.2, 0.25) is 0 Å². The quantitative estimate of drug-likeness (QED) is 0.207. The molecule has 0 spiro atoms. The van der Waals surface area contributed by atoms with E-state index in [0.29, 0.717) is 6.42 Å². The van der Waals surface area contributed by atoms with Gasteiger partial charge in [-0.1, -0.05) is 52.3 Å². The summed E-state index contributed by atoms with van der Waals surface area (Å²) in [6, 6.07) is 0. The maximum atomic E-state index is 11.4. The normalized spacial score (nSPS) is 10.4. The Balaban J connectivity index is 5.16. The van der Waals surface area contributed by atoms with E-state index in [1.54, 1.807) is 0 Å². The molecule has 0 aromatic heterocycles. The van der Waals surface area contributed by atoms with Crippen LogP contribution >= 0.6 is 0 Å². The summed E-state index contributed by atoms with van der Waals surface area (Å²) < 4.78 is 15.5. The van der Waals surface area contributed by atoms with Crippen molar-refractivity contribution in [2.75, 3.05) is 19.8 Å². The first-order chi connectivity index (χ1) is 11.9. The standard InChI is InChI=1S/C19H28O6/c1-5-9-10-11-12-19(13-23-16(20)6-2,14-24-17(21)7-3)15-25-18(22)8-4/h6-8H,2-5,9-15H2,1H3. The van der Waals surface area contributed by atoms with E-state index in [2.05, 4.69) is 26.7 Å². The van der Waals surface area contributed by atoms with Crippen LogP contribution in [-0.4, -0.2) is 37.7 Å². The van der Waals surface area contributed by atoms with Crippen LogP contribution in [0.1, 0.15) is 39.0 Å². The molecule has 0 radical (unpaired) electrons. The van der Waals surface area contributed by atoms with Gasteiger partial charge >= 0.3 is 17.9 Å². The molecule has 0 unspecified atom stereocenters. The van der Waals surface area contributed by atoms with Crippen molar-refractivity contribution in [3.63, 3.8) is 0 Å². The number of hydrogen-bond donors (Lipinski definition) is 0. The molecule has 0 aliphatic rings. The van der Waals surface area contributed by atoms with Crippen LogP contribution in [-0.2, 0) is 28.6 Å². The van der Waals surface area contributed by atoms with Crippen LogP contribution in [0.5, 0.6) is 0 Å². The zero-order valence-electron chi connectivity index (χ0n) is 15.0. The zero-order valence-corrected chi connectivity index (χ0v) is 15.0.